The molecule has 0 radical (unpaired) electrons. The largest absolute Gasteiger partial charge is 0.490 e. The summed E-state index contributed by atoms with van der Waals surface area (Å²) in [5, 5.41) is 0. The van der Waals surface area contributed by atoms with E-state index >= 15 is 0 Å². The lowest BCUT2D eigenvalue weighted by atomic mass is 10.2. The van der Waals surface area contributed by atoms with Crippen LogP contribution >= 0.6 is 0 Å². The van der Waals surface area contributed by atoms with Gasteiger partial charge in [-0.05, 0) is 49.7 Å². The van der Waals surface area contributed by atoms with Gasteiger partial charge in [0, 0.05) is 12.0 Å². The number of benzene rings is 2. The van der Waals surface area contributed by atoms with Crippen molar-refractivity contribution in [2.24, 2.45) is 5.73 Å². The van der Waals surface area contributed by atoms with Crippen molar-refractivity contribution in [1.29, 1.82) is 0 Å². The summed E-state index contributed by atoms with van der Waals surface area (Å²) in [5.41, 5.74) is 5.52. The van der Waals surface area contributed by atoms with E-state index in [4.69, 9.17) is 19.9 Å². The molecule has 6 heteroatoms. The number of para-hydroxylation sites is 2. The SMILES string of the molecule is CCOc1ccccc1OCCCC(=O)Oc1ccc(C(N)=O)cc1. The minimum Gasteiger partial charge on any atom is -0.490 e. The van der Waals surface area contributed by atoms with Crippen molar-refractivity contribution in [3.8, 4) is 17.2 Å². The van der Waals surface area contributed by atoms with Gasteiger partial charge in [-0.2, -0.15) is 0 Å². The molecule has 0 atom stereocenters. The topological polar surface area (TPSA) is 87.8 Å². The lowest BCUT2D eigenvalue weighted by Gasteiger charge is -2.11. The van der Waals surface area contributed by atoms with Crippen molar-refractivity contribution in [3.05, 3.63) is 54.1 Å². The van der Waals surface area contributed by atoms with Crippen molar-refractivity contribution < 1.29 is 23.8 Å². The van der Waals surface area contributed by atoms with Crippen molar-refractivity contribution in [2.45, 2.75) is 19.8 Å². The summed E-state index contributed by atoms with van der Waals surface area (Å²) in [6.07, 6.45) is 0.729. The van der Waals surface area contributed by atoms with Gasteiger partial charge in [-0.3, -0.25) is 9.59 Å². The zero-order chi connectivity index (χ0) is 18.1. The highest BCUT2D eigenvalue weighted by atomic mass is 16.5. The number of hydrogen-bond donors (Lipinski definition) is 1. The maximum Gasteiger partial charge on any atom is 0.311 e. The zero-order valence-electron chi connectivity index (χ0n) is 14.1. The summed E-state index contributed by atoms with van der Waals surface area (Å²) in [6.45, 7) is 2.84. The molecule has 1 amide bonds. The van der Waals surface area contributed by atoms with Crippen molar-refractivity contribution in [2.75, 3.05) is 13.2 Å². The molecular weight excluding hydrogens is 322 g/mol. The predicted molar refractivity (Wildman–Crippen MR) is 92.9 cm³/mol. The Labute approximate surface area is 146 Å². The lowest BCUT2D eigenvalue weighted by Crippen LogP contribution is -2.12. The van der Waals surface area contributed by atoms with E-state index in [2.05, 4.69) is 0 Å². The predicted octanol–water partition coefficient (Wildman–Crippen LogP) is 2.95. The van der Waals surface area contributed by atoms with E-state index in [0.717, 1.165) is 0 Å². The van der Waals surface area contributed by atoms with Crippen LogP contribution in [0.4, 0.5) is 0 Å². The highest BCUT2D eigenvalue weighted by Gasteiger charge is 2.08. The van der Waals surface area contributed by atoms with Crippen LogP contribution in [-0.2, 0) is 4.79 Å². The Morgan fingerprint density at radius 2 is 1.60 bits per heavy atom. The fourth-order valence-electron chi connectivity index (χ4n) is 2.11. The number of carbonyl (C=O) groups is 2. The molecule has 2 rings (SSSR count). The van der Waals surface area contributed by atoms with Crippen LogP contribution in [0.1, 0.15) is 30.1 Å². The molecule has 0 saturated carbocycles. The highest BCUT2D eigenvalue weighted by molar-refractivity contribution is 5.92. The lowest BCUT2D eigenvalue weighted by molar-refractivity contribution is -0.134. The van der Waals surface area contributed by atoms with E-state index in [1.807, 2.05) is 31.2 Å². The summed E-state index contributed by atoms with van der Waals surface area (Å²) in [7, 11) is 0. The molecule has 0 aliphatic rings. The van der Waals surface area contributed by atoms with E-state index in [1.165, 1.54) is 24.3 Å². The number of nitrogens with two attached hydrogens (primary N) is 1. The fraction of sp³-hybridized carbons (Fsp3) is 0.263. The maximum absolute atomic E-state index is 11.8. The van der Waals surface area contributed by atoms with Gasteiger partial charge in [0.25, 0.3) is 0 Å². The van der Waals surface area contributed by atoms with Crippen LogP contribution in [0.3, 0.4) is 0 Å². The first-order valence-corrected chi connectivity index (χ1v) is 8.05. The molecule has 0 aliphatic heterocycles. The summed E-state index contributed by atoms with van der Waals surface area (Å²) < 4.78 is 16.3. The van der Waals surface area contributed by atoms with Gasteiger partial charge in [0.05, 0.1) is 13.2 Å². The van der Waals surface area contributed by atoms with Gasteiger partial charge in [0.15, 0.2) is 11.5 Å². The second-order valence-corrected chi connectivity index (χ2v) is 5.19. The summed E-state index contributed by atoms with van der Waals surface area (Å²) in [5.74, 6) is 0.815. The first kappa shape index (κ1) is 18.3. The van der Waals surface area contributed by atoms with Gasteiger partial charge >= 0.3 is 5.97 Å². The van der Waals surface area contributed by atoms with Crippen molar-refractivity contribution in [1.82, 2.24) is 0 Å². The van der Waals surface area contributed by atoms with E-state index in [1.54, 1.807) is 0 Å². The zero-order valence-corrected chi connectivity index (χ0v) is 14.1. The molecule has 6 nitrogen and oxygen atoms in total. The Kier molecular flexibility index (Phi) is 6.83. The number of esters is 1. The van der Waals surface area contributed by atoms with E-state index in [0.29, 0.717) is 42.4 Å². The van der Waals surface area contributed by atoms with E-state index in [9.17, 15) is 9.59 Å². The Bertz CT molecular complexity index is 712. The minimum absolute atomic E-state index is 0.217. The molecule has 0 bridgehead atoms. The average Bonchev–Trinajstić information content (AvgIpc) is 2.61. The van der Waals surface area contributed by atoms with Gasteiger partial charge in [0.2, 0.25) is 5.91 Å². The summed E-state index contributed by atoms with van der Waals surface area (Å²) in [6, 6.07) is 13.5. The van der Waals surface area contributed by atoms with Gasteiger partial charge < -0.3 is 19.9 Å². The Morgan fingerprint density at radius 3 is 2.20 bits per heavy atom. The Morgan fingerprint density at radius 1 is 0.960 bits per heavy atom. The number of ether oxygens (including phenoxy) is 3. The van der Waals surface area contributed by atoms with Gasteiger partial charge in [-0.15, -0.1) is 0 Å². The maximum atomic E-state index is 11.8. The fourth-order valence-corrected chi connectivity index (χ4v) is 2.11. The van der Waals surface area contributed by atoms with Crippen LogP contribution in [-0.4, -0.2) is 25.1 Å². The van der Waals surface area contributed by atoms with E-state index < -0.39 is 5.91 Å². The molecule has 0 aromatic heterocycles. The van der Waals surface area contributed by atoms with Crippen LogP contribution in [0.5, 0.6) is 17.2 Å². The number of hydrogen-bond acceptors (Lipinski definition) is 5. The molecule has 0 fully saturated rings. The normalized spacial score (nSPS) is 10.1. The molecule has 25 heavy (non-hydrogen) atoms. The highest BCUT2D eigenvalue weighted by Crippen LogP contribution is 2.26. The number of amides is 1. The van der Waals surface area contributed by atoms with Crippen molar-refractivity contribution >= 4 is 11.9 Å². The van der Waals surface area contributed by atoms with E-state index in [-0.39, 0.29) is 12.4 Å². The monoisotopic (exact) mass is 343 g/mol. The second-order valence-electron chi connectivity index (χ2n) is 5.19. The van der Waals surface area contributed by atoms with Crippen LogP contribution in [0.2, 0.25) is 0 Å². The third kappa shape index (κ3) is 5.84. The Balaban J connectivity index is 1.74. The molecule has 0 unspecified atom stereocenters. The molecule has 0 aliphatic carbocycles. The van der Waals surface area contributed by atoms with Crippen molar-refractivity contribution in [3.63, 3.8) is 0 Å². The second kappa shape index (κ2) is 9.32. The molecule has 132 valence electrons. The summed E-state index contributed by atoms with van der Waals surface area (Å²) in [4.78, 5) is 22.8. The molecule has 0 heterocycles. The van der Waals surface area contributed by atoms with Gasteiger partial charge in [-0.25, -0.2) is 0 Å². The quantitative estimate of drug-likeness (QED) is 0.430. The molecule has 2 aromatic carbocycles. The summed E-state index contributed by atoms with van der Waals surface area (Å²) >= 11 is 0. The Hall–Kier alpha value is -3.02. The van der Waals surface area contributed by atoms with Crippen LogP contribution in [0.15, 0.2) is 48.5 Å². The smallest absolute Gasteiger partial charge is 0.311 e. The molecule has 2 aromatic rings. The number of primary amides is 1. The van der Waals surface area contributed by atoms with Crippen LogP contribution in [0, 0.1) is 0 Å². The average molecular weight is 343 g/mol. The number of carbonyl (C=O) groups excluding carboxylic acids is 2. The molecule has 2 N–H and O–H groups in total. The first-order valence-electron chi connectivity index (χ1n) is 8.05. The van der Waals surface area contributed by atoms with Crippen LogP contribution < -0.4 is 19.9 Å². The minimum atomic E-state index is -0.526. The third-order valence-electron chi connectivity index (χ3n) is 3.30. The molecule has 0 spiro atoms. The molecule has 0 saturated heterocycles. The van der Waals surface area contributed by atoms with Gasteiger partial charge in [0.1, 0.15) is 5.75 Å². The van der Waals surface area contributed by atoms with Crippen LogP contribution in [0.25, 0.3) is 0 Å². The standard InChI is InChI=1S/C19H21NO5/c1-2-23-16-6-3-4-7-17(16)24-13-5-8-18(21)25-15-11-9-14(10-12-15)19(20)22/h3-4,6-7,9-12H,2,5,8,13H2,1H3,(H2,20,22). The number of rotatable bonds is 9. The third-order valence-corrected chi connectivity index (χ3v) is 3.30. The molecular formula is C19H21NO5. The first-order chi connectivity index (χ1) is 12.1. The van der Waals surface area contributed by atoms with Gasteiger partial charge in [-0.1, -0.05) is 12.1 Å².